The largest absolute Gasteiger partial charge is 0.488 e. The summed E-state index contributed by atoms with van der Waals surface area (Å²) in [6, 6.07) is 3.11. The Morgan fingerprint density at radius 2 is 2.19 bits per heavy atom. The zero-order valence-electron chi connectivity index (χ0n) is 8.97. The van der Waals surface area contributed by atoms with Crippen molar-refractivity contribution < 1.29 is 18.8 Å². The van der Waals surface area contributed by atoms with Crippen LogP contribution in [-0.2, 0) is 4.74 Å². The van der Waals surface area contributed by atoms with Crippen molar-refractivity contribution in [1.82, 2.24) is 0 Å². The average molecular weight is 229 g/mol. The van der Waals surface area contributed by atoms with E-state index in [4.69, 9.17) is 9.47 Å². The Morgan fingerprint density at radius 3 is 2.75 bits per heavy atom. The van der Waals surface area contributed by atoms with Crippen molar-refractivity contribution in [1.29, 1.82) is 0 Å². The molecule has 0 N–H and O–H groups in total. The molecule has 0 fully saturated rings. The fourth-order valence-electron chi connectivity index (χ4n) is 1.22. The molecule has 88 valence electrons. The number of nitrogens with zero attached hydrogens (tertiary/aromatic N) is 1. The zero-order chi connectivity index (χ0) is 12.1. The molecule has 5 nitrogen and oxygen atoms in total. The van der Waals surface area contributed by atoms with Crippen LogP contribution >= 0.6 is 0 Å². The summed E-state index contributed by atoms with van der Waals surface area (Å²) >= 11 is 0. The van der Waals surface area contributed by atoms with Gasteiger partial charge in [-0.3, -0.25) is 10.1 Å². The molecule has 0 amide bonds. The standard InChI is InChI=1S/C10H12FNO4/c1-7(6-15-2)16-10-4-8(11)3-9(5-10)12(13)14/h3-5,7H,6H2,1-2H3. The van der Waals surface area contributed by atoms with E-state index >= 15 is 0 Å². The Morgan fingerprint density at radius 1 is 1.50 bits per heavy atom. The van der Waals surface area contributed by atoms with E-state index in [2.05, 4.69) is 0 Å². The molecule has 6 heteroatoms. The van der Waals surface area contributed by atoms with Crippen molar-refractivity contribution in [2.24, 2.45) is 0 Å². The van der Waals surface area contributed by atoms with Gasteiger partial charge < -0.3 is 9.47 Å². The number of halogens is 1. The maximum Gasteiger partial charge on any atom is 0.276 e. The van der Waals surface area contributed by atoms with E-state index in [-0.39, 0.29) is 17.5 Å². The number of ether oxygens (including phenoxy) is 2. The molecular weight excluding hydrogens is 217 g/mol. The first-order valence-corrected chi connectivity index (χ1v) is 4.63. The smallest absolute Gasteiger partial charge is 0.276 e. The first kappa shape index (κ1) is 12.4. The number of nitro benzene ring substituents is 1. The van der Waals surface area contributed by atoms with Crippen LogP contribution in [0.25, 0.3) is 0 Å². The minimum absolute atomic E-state index is 0.122. The van der Waals surface area contributed by atoms with Gasteiger partial charge in [-0.2, -0.15) is 0 Å². The number of rotatable bonds is 5. The van der Waals surface area contributed by atoms with Crippen LogP contribution in [0, 0.1) is 15.9 Å². The van der Waals surface area contributed by atoms with Gasteiger partial charge in [0, 0.05) is 13.2 Å². The highest BCUT2D eigenvalue weighted by Gasteiger charge is 2.12. The van der Waals surface area contributed by atoms with Crippen LogP contribution in [0.3, 0.4) is 0 Å². The third-order valence-corrected chi connectivity index (χ3v) is 1.81. The normalized spacial score (nSPS) is 12.2. The van der Waals surface area contributed by atoms with E-state index in [0.717, 1.165) is 12.1 Å². The number of benzene rings is 1. The van der Waals surface area contributed by atoms with Crippen molar-refractivity contribution >= 4 is 5.69 Å². The first-order valence-electron chi connectivity index (χ1n) is 4.63. The Labute approximate surface area is 91.9 Å². The van der Waals surface area contributed by atoms with Gasteiger partial charge in [-0.25, -0.2) is 4.39 Å². The summed E-state index contributed by atoms with van der Waals surface area (Å²) in [5, 5.41) is 10.5. The minimum atomic E-state index is -0.700. The van der Waals surface area contributed by atoms with Gasteiger partial charge in [-0.05, 0) is 6.92 Å². The van der Waals surface area contributed by atoms with Crippen molar-refractivity contribution in [2.75, 3.05) is 13.7 Å². The third-order valence-electron chi connectivity index (χ3n) is 1.81. The molecule has 0 saturated heterocycles. The molecule has 0 heterocycles. The lowest BCUT2D eigenvalue weighted by Gasteiger charge is -2.13. The quantitative estimate of drug-likeness (QED) is 0.573. The van der Waals surface area contributed by atoms with Gasteiger partial charge in [0.25, 0.3) is 5.69 Å². The molecular formula is C10H12FNO4. The summed E-state index contributed by atoms with van der Waals surface area (Å²) in [4.78, 5) is 9.81. The Hall–Kier alpha value is -1.69. The van der Waals surface area contributed by atoms with Gasteiger partial charge in [-0.1, -0.05) is 0 Å². The van der Waals surface area contributed by atoms with Crippen molar-refractivity contribution in [3.05, 3.63) is 34.1 Å². The Kier molecular flexibility index (Phi) is 4.19. The molecule has 1 aromatic carbocycles. The average Bonchev–Trinajstić information content (AvgIpc) is 2.16. The highest BCUT2D eigenvalue weighted by Crippen LogP contribution is 2.22. The summed E-state index contributed by atoms with van der Waals surface area (Å²) in [6.45, 7) is 2.05. The Bertz CT molecular complexity index is 383. The lowest BCUT2D eigenvalue weighted by atomic mass is 10.3. The van der Waals surface area contributed by atoms with E-state index in [9.17, 15) is 14.5 Å². The van der Waals surface area contributed by atoms with E-state index in [0.29, 0.717) is 6.61 Å². The first-order chi connectivity index (χ1) is 7.52. The summed E-state index contributed by atoms with van der Waals surface area (Å²) in [6.07, 6.45) is -0.300. The van der Waals surface area contributed by atoms with Crippen LogP contribution in [0.2, 0.25) is 0 Å². The fourth-order valence-corrected chi connectivity index (χ4v) is 1.22. The molecule has 0 aliphatic rings. The maximum absolute atomic E-state index is 13.0. The molecule has 0 aromatic heterocycles. The maximum atomic E-state index is 13.0. The number of nitro groups is 1. The summed E-state index contributed by atoms with van der Waals surface area (Å²) in [7, 11) is 1.51. The highest BCUT2D eigenvalue weighted by molar-refractivity contribution is 5.38. The van der Waals surface area contributed by atoms with E-state index in [1.165, 1.54) is 13.2 Å². The van der Waals surface area contributed by atoms with E-state index in [1.54, 1.807) is 6.92 Å². The van der Waals surface area contributed by atoms with Crippen LogP contribution < -0.4 is 4.74 Å². The molecule has 1 aromatic rings. The highest BCUT2D eigenvalue weighted by atomic mass is 19.1. The number of non-ortho nitro benzene ring substituents is 1. The molecule has 0 spiro atoms. The molecule has 0 bridgehead atoms. The van der Waals surface area contributed by atoms with Crippen LogP contribution in [-0.4, -0.2) is 24.7 Å². The molecule has 0 radical (unpaired) electrons. The third kappa shape index (κ3) is 3.47. The van der Waals surface area contributed by atoms with Crippen molar-refractivity contribution in [3.8, 4) is 5.75 Å². The molecule has 1 unspecified atom stereocenters. The second kappa shape index (κ2) is 5.41. The second-order valence-electron chi connectivity index (χ2n) is 3.29. The SMILES string of the molecule is COCC(C)Oc1cc(F)cc([N+](=O)[O-])c1. The van der Waals surface area contributed by atoms with Gasteiger partial charge in [0.05, 0.1) is 23.7 Å². The Balaban J connectivity index is 2.84. The van der Waals surface area contributed by atoms with Crippen LogP contribution in [0.1, 0.15) is 6.92 Å². The van der Waals surface area contributed by atoms with E-state index in [1.807, 2.05) is 0 Å². The molecule has 0 aliphatic carbocycles. The van der Waals surface area contributed by atoms with Crippen LogP contribution in [0.15, 0.2) is 18.2 Å². The van der Waals surface area contributed by atoms with Gasteiger partial charge in [0.2, 0.25) is 0 Å². The predicted octanol–water partition coefficient (Wildman–Crippen LogP) is 2.15. The molecule has 0 aliphatic heterocycles. The van der Waals surface area contributed by atoms with Crippen molar-refractivity contribution in [2.45, 2.75) is 13.0 Å². The molecule has 1 rings (SSSR count). The molecule has 1 atom stereocenters. The van der Waals surface area contributed by atoms with Gasteiger partial charge in [0.1, 0.15) is 17.7 Å². The van der Waals surface area contributed by atoms with Crippen LogP contribution in [0.4, 0.5) is 10.1 Å². The topological polar surface area (TPSA) is 61.6 Å². The summed E-state index contributed by atoms with van der Waals surface area (Å²) in [5.41, 5.74) is -0.334. The van der Waals surface area contributed by atoms with Gasteiger partial charge in [-0.15, -0.1) is 0 Å². The van der Waals surface area contributed by atoms with Crippen molar-refractivity contribution in [3.63, 3.8) is 0 Å². The van der Waals surface area contributed by atoms with E-state index < -0.39 is 10.7 Å². The number of hydrogen-bond donors (Lipinski definition) is 0. The summed E-state index contributed by atoms with van der Waals surface area (Å²) in [5.74, 6) is -0.579. The number of hydrogen-bond acceptors (Lipinski definition) is 4. The zero-order valence-corrected chi connectivity index (χ0v) is 8.97. The molecule has 0 saturated carbocycles. The minimum Gasteiger partial charge on any atom is -0.488 e. The lowest BCUT2D eigenvalue weighted by molar-refractivity contribution is -0.385. The van der Waals surface area contributed by atoms with Gasteiger partial charge >= 0.3 is 0 Å². The van der Waals surface area contributed by atoms with Gasteiger partial charge in [0.15, 0.2) is 0 Å². The monoisotopic (exact) mass is 229 g/mol. The molecule has 16 heavy (non-hydrogen) atoms. The second-order valence-corrected chi connectivity index (χ2v) is 3.29. The predicted molar refractivity (Wildman–Crippen MR) is 55.0 cm³/mol. The fraction of sp³-hybridized carbons (Fsp3) is 0.400. The summed E-state index contributed by atoms with van der Waals surface area (Å²) < 4.78 is 23.1. The van der Waals surface area contributed by atoms with Crippen LogP contribution in [0.5, 0.6) is 5.75 Å². The lowest BCUT2D eigenvalue weighted by Crippen LogP contribution is -2.18. The number of methoxy groups -OCH3 is 1.